The van der Waals surface area contributed by atoms with Crippen molar-refractivity contribution in [1.82, 2.24) is 0 Å². The van der Waals surface area contributed by atoms with Crippen molar-refractivity contribution in [1.29, 1.82) is 0 Å². The zero-order chi connectivity index (χ0) is 14.9. The van der Waals surface area contributed by atoms with Gasteiger partial charge in [-0.1, -0.05) is 24.3 Å². The van der Waals surface area contributed by atoms with Crippen LogP contribution in [0.25, 0.3) is 0 Å². The van der Waals surface area contributed by atoms with Gasteiger partial charge in [-0.05, 0) is 55.7 Å². The second-order valence-electron chi connectivity index (χ2n) is 5.56. The van der Waals surface area contributed by atoms with Crippen LogP contribution in [0.4, 0.5) is 0 Å². The van der Waals surface area contributed by atoms with E-state index in [1.807, 2.05) is 24.3 Å². The Bertz CT molecular complexity index is 479. The van der Waals surface area contributed by atoms with E-state index >= 15 is 0 Å². The molecule has 1 unspecified atom stereocenters. The third-order valence-corrected chi connectivity index (χ3v) is 3.94. The van der Waals surface area contributed by atoms with E-state index in [9.17, 15) is 4.79 Å². The number of para-hydroxylation sites is 1. The molecule has 1 aliphatic carbocycles. The first-order valence-electron chi connectivity index (χ1n) is 7.68. The molecule has 0 radical (unpaired) electrons. The second-order valence-corrected chi connectivity index (χ2v) is 5.56. The number of rotatable bonds is 6. The minimum Gasteiger partial charge on any atom is -0.467 e. The number of carbonyl (C=O) groups is 1. The van der Waals surface area contributed by atoms with Crippen molar-refractivity contribution in [2.45, 2.75) is 38.5 Å². The minimum atomic E-state index is 0.270. The Morgan fingerprint density at radius 3 is 3.00 bits per heavy atom. The highest BCUT2D eigenvalue weighted by atomic mass is 16.7. The predicted molar refractivity (Wildman–Crippen MR) is 83.4 cm³/mol. The van der Waals surface area contributed by atoms with Crippen LogP contribution >= 0.6 is 0 Å². The molecule has 0 bridgehead atoms. The summed E-state index contributed by atoms with van der Waals surface area (Å²) in [7, 11) is 1.63. The van der Waals surface area contributed by atoms with Crippen LogP contribution in [0, 0.1) is 5.92 Å². The smallest absolute Gasteiger partial charge is 0.188 e. The number of allylic oxidation sites excluding steroid dienone is 2. The molecule has 0 fully saturated rings. The number of carbonyl (C=O) groups excluding carboxylic acids is 1. The Balaban J connectivity index is 1.90. The molecule has 0 N–H and O–H groups in total. The molecule has 114 valence electrons. The first kappa shape index (κ1) is 15.8. The van der Waals surface area contributed by atoms with Gasteiger partial charge in [0.1, 0.15) is 5.75 Å². The van der Waals surface area contributed by atoms with Gasteiger partial charge in [0.05, 0.1) is 0 Å². The van der Waals surface area contributed by atoms with E-state index in [1.165, 1.54) is 5.56 Å². The highest BCUT2D eigenvalue weighted by Crippen LogP contribution is 2.25. The van der Waals surface area contributed by atoms with Gasteiger partial charge in [-0.2, -0.15) is 0 Å². The highest BCUT2D eigenvalue weighted by Gasteiger charge is 2.12. The third-order valence-electron chi connectivity index (χ3n) is 3.94. The molecule has 0 aromatic heterocycles. The van der Waals surface area contributed by atoms with Crippen LogP contribution in [0.5, 0.6) is 5.75 Å². The van der Waals surface area contributed by atoms with Crippen LogP contribution < -0.4 is 4.74 Å². The molecule has 0 amide bonds. The molecule has 1 aromatic carbocycles. The van der Waals surface area contributed by atoms with Gasteiger partial charge in [-0.25, -0.2) is 0 Å². The number of hydrogen-bond donors (Lipinski definition) is 0. The fraction of sp³-hybridized carbons (Fsp3) is 0.500. The fourth-order valence-electron chi connectivity index (χ4n) is 2.75. The monoisotopic (exact) mass is 288 g/mol. The van der Waals surface area contributed by atoms with Crippen LogP contribution in [0.15, 0.2) is 36.4 Å². The summed E-state index contributed by atoms with van der Waals surface area (Å²) in [6.45, 7) is 0.283. The van der Waals surface area contributed by atoms with Crippen molar-refractivity contribution in [2.75, 3.05) is 13.9 Å². The lowest BCUT2D eigenvalue weighted by Gasteiger charge is -2.17. The van der Waals surface area contributed by atoms with Gasteiger partial charge in [-0.3, -0.25) is 4.79 Å². The SMILES string of the molecule is COCOc1ccccc1CCC1CC=CC(=O)CCC1. The van der Waals surface area contributed by atoms with Crippen LogP contribution in [0.3, 0.4) is 0 Å². The van der Waals surface area contributed by atoms with Crippen molar-refractivity contribution in [2.24, 2.45) is 5.92 Å². The molecule has 3 heteroatoms. The third kappa shape index (κ3) is 5.35. The van der Waals surface area contributed by atoms with Gasteiger partial charge in [0.2, 0.25) is 0 Å². The standard InChI is InChI=1S/C18H24O3/c1-20-14-21-18-11-3-2-8-16(18)13-12-15-6-4-9-17(19)10-5-7-15/h2-4,8-9,11,15H,5-7,10,12-14H2,1H3. The molecule has 0 saturated heterocycles. The zero-order valence-corrected chi connectivity index (χ0v) is 12.7. The summed E-state index contributed by atoms with van der Waals surface area (Å²) in [5.41, 5.74) is 1.23. The maximum atomic E-state index is 11.4. The van der Waals surface area contributed by atoms with Gasteiger partial charge >= 0.3 is 0 Å². The maximum Gasteiger partial charge on any atom is 0.188 e. The first-order chi connectivity index (χ1) is 10.3. The topological polar surface area (TPSA) is 35.5 Å². The lowest BCUT2D eigenvalue weighted by molar-refractivity contribution is -0.114. The molecule has 1 aliphatic rings. The van der Waals surface area contributed by atoms with E-state index < -0.39 is 0 Å². The minimum absolute atomic E-state index is 0.270. The summed E-state index contributed by atoms with van der Waals surface area (Å²) in [4.78, 5) is 11.4. The quantitative estimate of drug-likeness (QED) is 0.744. The van der Waals surface area contributed by atoms with E-state index in [0.717, 1.165) is 37.9 Å². The van der Waals surface area contributed by atoms with Crippen LogP contribution in [0.1, 0.15) is 37.7 Å². The Hall–Kier alpha value is -1.61. The molecular weight excluding hydrogens is 264 g/mol. The average molecular weight is 288 g/mol. The maximum absolute atomic E-state index is 11.4. The van der Waals surface area contributed by atoms with Crippen LogP contribution in [-0.4, -0.2) is 19.7 Å². The molecule has 0 heterocycles. The van der Waals surface area contributed by atoms with E-state index in [2.05, 4.69) is 6.07 Å². The molecular formula is C18H24O3. The lowest BCUT2D eigenvalue weighted by atomic mass is 9.89. The second kappa shape index (κ2) is 8.63. The summed E-state index contributed by atoms with van der Waals surface area (Å²) in [5.74, 6) is 1.84. The number of benzene rings is 1. The van der Waals surface area contributed by atoms with E-state index in [4.69, 9.17) is 9.47 Å². The summed E-state index contributed by atoms with van der Waals surface area (Å²) in [6, 6.07) is 8.14. The Morgan fingerprint density at radius 2 is 2.14 bits per heavy atom. The van der Waals surface area contributed by atoms with Gasteiger partial charge in [0.25, 0.3) is 0 Å². The predicted octanol–water partition coefficient (Wildman–Crippen LogP) is 3.92. The van der Waals surface area contributed by atoms with Crippen molar-refractivity contribution in [3.63, 3.8) is 0 Å². The molecule has 2 rings (SSSR count). The van der Waals surface area contributed by atoms with Crippen molar-refractivity contribution < 1.29 is 14.3 Å². The normalized spacial score (nSPS) is 19.1. The average Bonchev–Trinajstić information content (AvgIpc) is 2.48. The van der Waals surface area contributed by atoms with Gasteiger partial charge in [0.15, 0.2) is 12.6 Å². The number of methoxy groups -OCH3 is 1. The van der Waals surface area contributed by atoms with Gasteiger partial charge in [0, 0.05) is 13.5 Å². The number of ketones is 1. The first-order valence-corrected chi connectivity index (χ1v) is 7.68. The molecule has 1 atom stereocenters. The lowest BCUT2D eigenvalue weighted by Crippen LogP contribution is -2.07. The number of aryl methyl sites for hydroxylation is 1. The van der Waals surface area contributed by atoms with Crippen molar-refractivity contribution >= 4 is 5.78 Å². The van der Waals surface area contributed by atoms with E-state index in [1.54, 1.807) is 13.2 Å². The van der Waals surface area contributed by atoms with Gasteiger partial charge < -0.3 is 9.47 Å². The molecule has 3 nitrogen and oxygen atoms in total. The number of ether oxygens (including phenoxy) is 2. The summed E-state index contributed by atoms with van der Waals surface area (Å²) in [6.07, 6.45) is 9.78. The summed E-state index contributed by atoms with van der Waals surface area (Å²) in [5, 5.41) is 0. The van der Waals surface area contributed by atoms with Crippen molar-refractivity contribution in [3.05, 3.63) is 42.0 Å². The Kier molecular flexibility index (Phi) is 6.48. The number of hydrogen-bond acceptors (Lipinski definition) is 3. The van der Waals surface area contributed by atoms with Crippen LogP contribution in [0.2, 0.25) is 0 Å². The van der Waals surface area contributed by atoms with Crippen molar-refractivity contribution in [3.8, 4) is 5.75 Å². The highest BCUT2D eigenvalue weighted by molar-refractivity contribution is 5.89. The molecule has 21 heavy (non-hydrogen) atoms. The Morgan fingerprint density at radius 1 is 1.29 bits per heavy atom. The molecule has 1 aromatic rings. The van der Waals surface area contributed by atoms with Crippen LogP contribution in [-0.2, 0) is 16.0 Å². The van der Waals surface area contributed by atoms with E-state index in [-0.39, 0.29) is 12.6 Å². The zero-order valence-electron chi connectivity index (χ0n) is 12.7. The molecule has 0 aliphatic heterocycles. The largest absolute Gasteiger partial charge is 0.467 e. The summed E-state index contributed by atoms with van der Waals surface area (Å²) >= 11 is 0. The van der Waals surface area contributed by atoms with E-state index in [0.29, 0.717) is 12.3 Å². The Labute approximate surface area is 127 Å². The van der Waals surface area contributed by atoms with Gasteiger partial charge in [-0.15, -0.1) is 0 Å². The fourth-order valence-corrected chi connectivity index (χ4v) is 2.75. The molecule has 0 spiro atoms. The summed E-state index contributed by atoms with van der Waals surface area (Å²) < 4.78 is 10.6. The molecule has 0 saturated carbocycles.